The van der Waals surface area contributed by atoms with Crippen LogP contribution in [0.3, 0.4) is 0 Å². The van der Waals surface area contributed by atoms with Gasteiger partial charge in [0.1, 0.15) is 0 Å². The largest absolute Gasteiger partial charge is 0.356 e. The molecule has 1 unspecified atom stereocenters. The van der Waals surface area contributed by atoms with Crippen LogP contribution in [0.2, 0.25) is 0 Å². The Labute approximate surface area is 182 Å². The standard InChI is InChI=1S/C19H39N5S.HI/c1-5-22-10-12-23(13-11-22)9-7-6-8-21-19(20-4)24-14-15-25-18(16-24)17(2)3;/h17-18H,5-16H2,1-4H3,(H,20,21);1H. The summed E-state index contributed by atoms with van der Waals surface area (Å²) in [6, 6.07) is 0. The van der Waals surface area contributed by atoms with Crippen molar-refractivity contribution in [2.75, 3.05) is 71.7 Å². The minimum absolute atomic E-state index is 0. The van der Waals surface area contributed by atoms with Crippen molar-refractivity contribution in [3.05, 3.63) is 0 Å². The average Bonchev–Trinajstić information content (AvgIpc) is 2.65. The first-order valence-corrected chi connectivity index (χ1v) is 11.2. The fourth-order valence-electron chi connectivity index (χ4n) is 3.59. The Kier molecular flexibility index (Phi) is 12.6. The maximum absolute atomic E-state index is 4.52. The lowest BCUT2D eigenvalue weighted by atomic mass is 10.1. The summed E-state index contributed by atoms with van der Waals surface area (Å²) in [7, 11) is 1.92. The zero-order valence-corrected chi connectivity index (χ0v) is 20.4. The monoisotopic (exact) mass is 497 g/mol. The van der Waals surface area contributed by atoms with Gasteiger partial charge < -0.3 is 20.0 Å². The Balaban J connectivity index is 0.00000338. The van der Waals surface area contributed by atoms with E-state index in [2.05, 4.69) is 57.5 Å². The van der Waals surface area contributed by atoms with Crippen LogP contribution in [0.1, 0.15) is 33.6 Å². The van der Waals surface area contributed by atoms with E-state index in [1.807, 2.05) is 7.05 Å². The number of likely N-dealkylation sites (N-methyl/N-ethyl adjacent to an activating group) is 1. The lowest BCUT2D eigenvalue weighted by Crippen LogP contribution is -2.49. The van der Waals surface area contributed by atoms with Gasteiger partial charge in [0.05, 0.1) is 0 Å². The van der Waals surface area contributed by atoms with E-state index in [0.29, 0.717) is 0 Å². The van der Waals surface area contributed by atoms with E-state index in [1.165, 1.54) is 57.9 Å². The minimum Gasteiger partial charge on any atom is -0.356 e. The van der Waals surface area contributed by atoms with E-state index in [-0.39, 0.29) is 24.0 Å². The fourth-order valence-corrected chi connectivity index (χ4v) is 4.89. The van der Waals surface area contributed by atoms with Crippen LogP contribution >= 0.6 is 35.7 Å². The molecule has 154 valence electrons. The predicted octanol–water partition coefficient (Wildman–Crippen LogP) is 2.67. The quantitative estimate of drug-likeness (QED) is 0.253. The van der Waals surface area contributed by atoms with Gasteiger partial charge in [-0.3, -0.25) is 4.99 Å². The summed E-state index contributed by atoms with van der Waals surface area (Å²) in [4.78, 5) is 12.1. The van der Waals surface area contributed by atoms with Crippen molar-refractivity contribution >= 4 is 41.7 Å². The van der Waals surface area contributed by atoms with Crippen molar-refractivity contribution in [3.8, 4) is 0 Å². The molecule has 5 nitrogen and oxygen atoms in total. The molecule has 0 bridgehead atoms. The molecule has 1 N–H and O–H groups in total. The summed E-state index contributed by atoms with van der Waals surface area (Å²) in [6.07, 6.45) is 2.50. The second-order valence-electron chi connectivity index (χ2n) is 7.56. The molecule has 2 fully saturated rings. The van der Waals surface area contributed by atoms with Crippen molar-refractivity contribution in [3.63, 3.8) is 0 Å². The summed E-state index contributed by atoms with van der Waals surface area (Å²) in [5.74, 6) is 3.05. The summed E-state index contributed by atoms with van der Waals surface area (Å²) in [6.45, 7) is 17.6. The molecule has 0 aromatic rings. The Bertz CT molecular complexity index is 399. The third-order valence-corrected chi connectivity index (χ3v) is 6.98. The van der Waals surface area contributed by atoms with Gasteiger partial charge in [-0.2, -0.15) is 11.8 Å². The Morgan fingerprint density at radius 2 is 1.81 bits per heavy atom. The van der Waals surface area contributed by atoms with Crippen LogP contribution in [0.25, 0.3) is 0 Å². The molecule has 1 atom stereocenters. The highest BCUT2D eigenvalue weighted by Crippen LogP contribution is 2.24. The third-order valence-electron chi connectivity index (χ3n) is 5.44. The Hall–Kier alpha value is 0.270. The fraction of sp³-hybridized carbons (Fsp3) is 0.947. The van der Waals surface area contributed by atoms with Crippen LogP contribution < -0.4 is 5.32 Å². The van der Waals surface area contributed by atoms with Gasteiger partial charge in [-0.15, -0.1) is 24.0 Å². The zero-order valence-electron chi connectivity index (χ0n) is 17.2. The number of halogens is 1. The van der Waals surface area contributed by atoms with Crippen molar-refractivity contribution in [1.82, 2.24) is 20.0 Å². The van der Waals surface area contributed by atoms with Crippen molar-refractivity contribution in [2.45, 2.75) is 38.9 Å². The molecular weight excluding hydrogens is 457 g/mol. The van der Waals surface area contributed by atoms with Crippen LogP contribution in [-0.2, 0) is 0 Å². The molecule has 0 amide bonds. The van der Waals surface area contributed by atoms with E-state index >= 15 is 0 Å². The van der Waals surface area contributed by atoms with E-state index in [0.717, 1.165) is 36.8 Å². The van der Waals surface area contributed by atoms with Gasteiger partial charge in [0.2, 0.25) is 0 Å². The van der Waals surface area contributed by atoms with Gasteiger partial charge in [0.15, 0.2) is 5.96 Å². The number of unbranched alkanes of at least 4 members (excludes halogenated alkanes) is 1. The van der Waals surface area contributed by atoms with Crippen molar-refractivity contribution in [2.24, 2.45) is 10.9 Å². The van der Waals surface area contributed by atoms with E-state index in [4.69, 9.17) is 0 Å². The molecule has 0 radical (unpaired) electrons. The van der Waals surface area contributed by atoms with E-state index in [9.17, 15) is 0 Å². The molecule has 2 rings (SSSR count). The topological polar surface area (TPSA) is 34.1 Å². The Morgan fingerprint density at radius 3 is 2.42 bits per heavy atom. The van der Waals surface area contributed by atoms with Gasteiger partial charge in [0.25, 0.3) is 0 Å². The van der Waals surface area contributed by atoms with Gasteiger partial charge in [-0.25, -0.2) is 0 Å². The van der Waals surface area contributed by atoms with Gasteiger partial charge in [-0.1, -0.05) is 20.8 Å². The summed E-state index contributed by atoms with van der Waals surface area (Å²) in [5, 5.41) is 4.32. The Morgan fingerprint density at radius 1 is 1.12 bits per heavy atom. The number of hydrogen-bond acceptors (Lipinski definition) is 4. The minimum atomic E-state index is 0. The molecule has 7 heteroatoms. The van der Waals surface area contributed by atoms with E-state index < -0.39 is 0 Å². The highest BCUT2D eigenvalue weighted by molar-refractivity contribution is 14.0. The average molecular weight is 498 g/mol. The lowest BCUT2D eigenvalue weighted by molar-refractivity contribution is 0.136. The normalized spacial score (nSPS) is 23.2. The number of hydrogen-bond donors (Lipinski definition) is 1. The second kappa shape index (κ2) is 13.4. The number of piperazine rings is 1. The number of nitrogens with one attached hydrogen (secondary N) is 1. The van der Waals surface area contributed by atoms with E-state index in [1.54, 1.807) is 0 Å². The maximum atomic E-state index is 4.52. The van der Waals surface area contributed by atoms with Gasteiger partial charge in [0, 0.05) is 63.9 Å². The van der Waals surface area contributed by atoms with Gasteiger partial charge >= 0.3 is 0 Å². The van der Waals surface area contributed by atoms with Crippen molar-refractivity contribution in [1.29, 1.82) is 0 Å². The van der Waals surface area contributed by atoms with Crippen LogP contribution in [-0.4, -0.2) is 97.6 Å². The molecule has 0 spiro atoms. The number of guanidine groups is 1. The molecule has 2 aliphatic heterocycles. The second-order valence-corrected chi connectivity index (χ2v) is 8.90. The smallest absolute Gasteiger partial charge is 0.193 e. The van der Waals surface area contributed by atoms with Crippen molar-refractivity contribution < 1.29 is 0 Å². The number of aliphatic imine (C=N–C) groups is 1. The number of rotatable bonds is 7. The molecule has 26 heavy (non-hydrogen) atoms. The summed E-state index contributed by atoms with van der Waals surface area (Å²) in [5.41, 5.74) is 0. The first-order valence-electron chi connectivity index (χ1n) is 10.2. The molecule has 2 saturated heterocycles. The van der Waals surface area contributed by atoms with Crippen LogP contribution in [0.4, 0.5) is 0 Å². The zero-order chi connectivity index (χ0) is 18.1. The first-order chi connectivity index (χ1) is 12.1. The SMILES string of the molecule is CCN1CCN(CCCCNC(=NC)N2CCSC(C(C)C)C2)CC1.I. The lowest BCUT2D eigenvalue weighted by Gasteiger charge is -2.36. The third kappa shape index (κ3) is 8.10. The molecule has 0 aromatic carbocycles. The number of thioether (sulfide) groups is 1. The molecule has 0 aromatic heterocycles. The summed E-state index contributed by atoms with van der Waals surface area (Å²) >= 11 is 2.12. The molecule has 0 saturated carbocycles. The molecule has 2 heterocycles. The highest BCUT2D eigenvalue weighted by atomic mass is 127. The summed E-state index contributed by atoms with van der Waals surface area (Å²) < 4.78 is 0. The van der Waals surface area contributed by atoms with Crippen LogP contribution in [0.15, 0.2) is 4.99 Å². The maximum Gasteiger partial charge on any atom is 0.193 e. The first kappa shape index (κ1) is 24.3. The molecular formula is C19H40IN5S. The highest BCUT2D eigenvalue weighted by Gasteiger charge is 2.24. The van der Waals surface area contributed by atoms with Crippen LogP contribution in [0.5, 0.6) is 0 Å². The molecule has 0 aliphatic carbocycles. The predicted molar refractivity (Wildman–Crippen MR) is 127 cm³/mol. The molecule has 2 aliphatic rings. The number of nitrogens with zero attached hydrogens (tertiary/aromatic N) is 4. The van der Waals surface area contributed by atoms with Gasteiger partial charge in [-0.05, 0) is 31.8 Å². The van der Waals surface area contributed by atoms with Crippen LogP contribution in [0, 0.1) is 5.92 Å².